The summed E-state index contributed by atoms with van der Waals surface area (Å²) in [6.07, 6.45) is -0.0508. The van der Waals surface area contributed by atoms with E-state index < -0.39 is 74.0 Å². The number of benzene rings is 1. The molecular weight excluding hydrogens is 814 g/mol. The Morgan fingerprint density at radius 3 is 2.51 bits per heavy atom. The van der Waals surface area contributed by atoms with E-state index >= 15 is 0 Å². The fraction of sp³-hybridized carbons (Fsp3) is 0.556. The lowest BCUT2D eigenvalue weighted by atomic mass is 10.1. The van der Waals surface area contributed by atoms with E-state index in [0.717, 1.165) is 0 Å². The van der Waals surface area contributed by atoms with Crippen LogP contribution in [0.15, 0.2) is 58.8 Å². The molecule has 3 aliphatic heterocycles. The first-order valence-corrected chi connectivity index (χ1v) is 25.2. The Morgan fingerprint density at radius 2 is 1.79 bits per heavy atom. The van der Waals surface area contributed by atoms with Gasteiger partial charge in [-0.1, -0.05) is 51.2 Å². The predicted molar refractivity (Wildman–Crippen MR) is 219 cm³/mol. The Labute approximate surface area is 340 Å². The van der Waals surface area contributed by atoms with Gasteiger partial charge in [0.1, 0.15) is 37.0 Å². The first kappa shape index (κ1) is 42.0. The van der Waals surface area contributed by atoms with Crippen LogP contribution in [0.4, 0.5) is 5.82 Å². The molecule has 8 atom stereocenters. The summed E-state index contributed by atoms with van der Waals surface area (Å²) in [7, 11) is -2.21. The molecule has 0 spiro atoms. The molecule has 0 aliphatic carbocycles. The lowest BCUT2D eigenvalue weighted by Crippen LogP contribution is -2.44. The zero-order valence-corrected chi connectivity index (χ0v) is 36.5. The average molecular weight is 862 g/mol. The number of hydrogen-bond acceptors (Lipinski definition) is 14. The number of aromatic amines is 1. The Hall–Kier alpha value is -3.14. The number of carbonyl (C=O) groups excluding carboxylic acids is 1. The van der Waals surface area contributed by atoms with E-state index in [1.54, 1.807) is 42.1 Å². The number of imidazole rings is 1. The number of thiol groups is 1. The predicted octanol–water partition coefficient (Wildman–Crippen LogP) is 5.22. The van der Waals surface area contributed by atoms with Crippen molar-refractivity contribution in [3.05, 3.63) is 81.1 Å². The lowest BCUT2D eigenvalue weighted by molar-refractivity contribution is -0.198. The third-order valence-corrected chi connectivity index (χ3v) is 17.5. The number of amides is 1. The minimum atomic E-state index is -3.31. The van der Waals surface area contributed by atoms with Crippen LogP contribution < -0.4 is 16.6 Å². The minimum Gasteiger partial charge on any atom is -0.414 e. The molecule has 1 amide bonds. The molecule has 7 rings (SSSR count). The number of nitrogens with zero attached hydrogens (tertiary/aromatic N) is 5. The molecule has 2 unspecified atom stereocenters. The largest absolute Gasteiger partial charge is 0.414 e. The van der Waals surface area contributed by atoms with Crippen LogP contribution in [0.25, 0.3) is 11.2 Å². The highest BCUT2D eigenvalue weighted by Crippen LogP contribution is 2.57. The van der Waals surface area contributed by atoms with Crippen molar-refractivity contribution in [3.63, 3.8) is 0 Å². The number of fused-ring (bicyclic) bond motifs is 2. The van der Waals surface area contributed by atoms with Crippen molar-refractivity contribution in [2.75, 3.05) is 18.5 Å². The van der Waals surface area contributed by atoms with E-state index in [-0.39, 0.29) is 36.4 Å². The fourth-order valence-electron chi connectivity index (χ4n) is 6.72. The quantitative estimate of drug-likeness (QED) is 0.0954. The van der Waals surface area contributed by atoms with Gasteiger partial charge < -0.3 is 37.7 Å². The van der Waals surface area contributed by atoms with Gasteiger partial charge >= 0.3 is 5.69 Å². The molecule has 3 aliphatic rings. The van der Waals surface area contributed by atoms with Crippen molar-refractivity contribution >= 4 is 61.0 Å². The van der Waals surface area contributed by atoms with Crippen LogP contribution in [-0.4, -0.2) is 92.8 Å². The zero-order valence-electron chi connectivity index (χ0n) is 32.9. The van der Waals surface area contributed by atoms with Crippen LogP contribution in [0.2, 0.25) is 18.1 Å². The maximum Gasteiger partial charge on any atom is 0.330 e. The molecule has 6 heterocycles. The Kier molecular flexibility index (Phi) is 11.6. The molecule has 1 aromatic carbocycles. The summed E-state index contributed by atoms with van der Waals surface area (Å²) in [6, 6.07) is 8.79. The van der Waals surface area contributed by atoms with Gasteiger partial charge in [0, 0.05) is 23.7 Å². The van der Waals surface area contributed by atoms with Crippen LogP contribution in [-0.2, 0) is 44.2 Å². The number of nitrogens with one attached hydrogen (secondary N) is 2. The molecule has 3 aromatic heterocycles. The van der Waals surface area contributed by atoms with Crippen LogP contribution in [0, 0.1) is 6.92 Å². The first-order chi connectivity index (χ1) is 26.7. The highest BCUT2D eigenvalue weighted by molar-refractivity contribution is 8.60. The first-order valence-electron chi connectivity index (χ1n) is 18.5. The standard InChI is InChI=1S/C36H48N7O10PS2Si/c1-20-15-42(34(46)41-31(20)44)25-14-22(23(49-25)17-48-57(7,8)35(2,3)4)53-54(55,56)47-16-24-27-28(52-36(5,6)51-27)33(50-24)43-19-39-26-29(37-18-38-30(26)43)40-32(45)21-12-10-9-11-13-21/h9-13,15,18-19,22-25,27-28,33H,14,16-17H2,1-8H3,(H,55,56)(H,41,44,46)(H,37,38,40,45)/t22-,23+,24+,25?,27+,28+,33+/m0/s1. The summed E-state index contributed by atoms with van der Waals surface area (Å²) in [4.78, 5) is 53.5. The number of carbonyl (C=O) groups is 1. The number of hydrogen-bond donors (Lipinski definition) is 3. The van der Waals surface area contributed by atoms with Crippen LogP contribution in [0.1, 0.15) is 69.4 Å². The highest BCUT2D eigenvalue weighted by atomic mass is 32.9. The highest BCUT2D eigenvalue weighted by Gasteiger charge is 2.56. The number of rotatable bonds is 12. The van der Waals surface area contributed by atoms with E-state index in [0.29, 0.717) is 22.3 Å². The van der Waals surface area contributed by atoms with E-state index in [4.69, 9.17) is 56.5 Å². The maximum atomic E-state index is 13.0. The van der Waals surface area contributed by atoms with Crippen molar-refractivity contribution in [2.45, 2.75) is 115 Å². The average Bonchev–Trinajstić information content (AvgIpc) is 3.89. The lowest BCUT2D eigenvalue weighted by Gasteiger charge is -2.37. The second-order valence-electron chi connectivity index (χ2n) is 16.3. The van der Waals surface area contributed by atoms with Gasteiger partial charge in [-0.05, 0) is 62.8 Å². The second kappa shape index (κ2) is 15.8. The molecule has 0 bridgehead atoms. The number of H-pyrrole nitrogens is 1. The van der Waals surface area contributed by atoms with Crippen molar-refractivity contribution < 1.29 is 37.2 Å². The SMILES string of the molecule is Cc1cn(C2C[C@H](OP(=S)(S)OC[C@H]3O[C@@H](n4cnc5c(NC(=O)c6ccccc6)ncnc54)[C@@H]4OC(C)(C)O[C@@H]43)[C@@H](CO[Si](C)(C)C(C)(C)C)O2)c(=O)[nH]c1=O. The zero-order chi connectivity index (χ0) is 41.1. The summed E-state index contributed by atoms with van der Waals surface area (Å²) < 4.78 is 47.9. The van der Waals surface area contributed by atoms with E-state index in [1.165, 1.54) is 17.1 Å². The van der Waals surface area contributed by atoms with E-state index in [9.17, 15) is 14.4 Å². The molecule has 0 saturated carbocycles. The normalized spacial score (nSPS) is 27.1. The van der Waals surface area contributed by atoms with Gasteiger partial charge in [0.15, 0.2) is 37.3 Å². The summed E-state index contributed by atoms with van der Waals surface area (Å²) in [5.41, 5.74) is -2.77. The van der Waals surface area contributed by atoms with Crippen LogP contribution in [0.5, 0.6) is 0 Å². The molecule has 3 fully saturated rings. The topological polar surface area (TPSA) is 192 Å². The Bertz CT molecular complexity index is 2300. The third kappa shape index (κ3) is 8.91. The fourth-order valence-corrected chi connectivity index (χ4v) is 9.78. The van der Waals surface area contributed by atoms with E-state index in [1.807, 2.05) is 19.9 Å². The Balaban J connectivity index is 1.08. The van der Waals surface area contributed by atoms with Gasteiger partial charge in [-0.15, -0.1) is 0 Å². The molecular formula is C36H48N7O10PS2Si. The van der Waals surface area contributed by atoms with Crippen molar-refractivity contribution in [1.29, 1.82) is 0 Å². The smallest absolute Gasteiger partial charge is 0.330 e. The summed E-state index contributed by atoms with van der Waals surface area (Å²) in [6.45, 7) is 16.1. The van der Waals surface area contributed by atoms with Gasteiger partial charge in [0.25, 0.3) is 11.5 Å². The summed E-state index contributed by atoms with van der Waals surface area (Å²) in [5.74, 6) is -1.04. The number of aryl methyl sites for hydroxylation is 1. The molecule has 3 saturated heterocycles. The molecule has 17 nitrogen and oxygen atoms in total. The van der Waals surface area contributed by atoms with Gasteiger partial charge in [0.05, 0.1) is 25.6 Å². The Morgan fingerprint density at radius 1 is 1.07 bits per heavy atom. The molecule has 2 N–H and O–H groups in total. The molecule has 4 aromatic rings. The minimum absolute atomic E-state index is 0.0569. The number of anilines is 1. The van der Waals surface area contributed by atoms with Gasteiger partial charge in [-0.3, -0.25) is 23.7 Å². The number of ether oxygens (including phenoxy) is 4. The maximum absolute atomic E-state index is 13.0. The van der Waals surface area contributed by atoms with Crippen molar-refractivity contribution in [3.8, 4) is 0 Å². The molecule has 308 valence electrons. The van der Waals surface area contributed by atoms with Crippen molar-refractivity contribution in [2.24, 2.45) is 0 Å². The third-order valence-electron chi connectivity index (χ3n) is 10.7. The van der Waals surface area contributed by atoms with Gasteiger partial charge in [-0.25, -0.2) is 19.7 Å². The van der Waals surface area contributed by atoms with E-state index in [2.05, 4.69) is 59.1 Å². The monoisotopic (exact) mass is 861 g/mol. The van der Waals surface area contributed by atoms with Crippen LogP contribution >= 0.6 is 17.9 Å². The van der Waals surface area contributed by atoms with Crippen LogP contribution in [0.3, 0.4) is 0 Å². The number of aromatic nitrogens is 6. The molecule has 21 heteroatoms. The van der Waals surface area contributed by atoms with Gasteiger partial charge in [-0.2, -0.15) is 0 Å². The van der Waals surface area contributed by atoms with Gasteiger partial charge in [0.2, 0.25) is 5.69 Å². The molecule has 57 heavy (non-hydrogen) atoms. The second-order valence-corrected chi connectivity index (χ2v) is 26.4. The van der Waals surface area contributed by atoms with Crippen molar-refractivity contribution in [1.82, 2.24) is 29.1 Å². The molecule has 0 radical (unpaired) electrons. The summed E-state index contributed by atoms with van der Waals surface area (Å²) in [5, 5.41) is 2.76. The summed E-state index contributed by atoms with van der Waals surface area (Å²) >= 11 is 10.6.